The molecule has 1 unspecified atom stereocenters. The molecule has 0 aromatic rings. The highest BCUT2D eigenvalue weighted by atomic mass is 16.4. The predicted molar refractivity (Wildman–Crippen MR) is 43.6 cm³/mol. The van der Waals surface area contributed by atoms with Crippen LogP contribution < -0.4 is 0 Å². The van der Waals surface area contributed by atoms with Gasteiger partial charge in [0.25, 0.3) is 0 Å². The molecule has 1 aliphatic heterocycles. The molecule has 1 aliphatic rings. The molecule has 0 saturated carbocycles. The van der Waals surface area contributed by atoms with Gasteiger partial charge in [0.1, 0.15) is 0 Å². The van der Waals surface area contributed by atoms with Gasteiger partial charge in [-0.25, -0.2) is 4.79 Å². The number of carboxylic acids is 1. The number of carboxylic acid groups (broad SMARTS) is 1. The summed E-state index contributed by atoms with van der Waals surface area (Å²) < 4.78 is 0. The molecule has 1 atom stereocenters. The van der Waals surface area contributed by atoms with Gasteiger partial charge in [0.15, 0.2) is 0 Å². The van der Waals surface area contributed by atoms with Crippen molar-refractivity contribution >= 4 is 5.97 Å². The van der Waals surface area contributed by atoms with Gasteiger partial charge in [-0.15, -0.1) is 0 Å². The second-order valence-electron chi connectivity index (χ2n) is 2.94. The number of hydrogen-bond acceptors (Lipinski definition) is 3. The number of aliphatic carboxylic acids is 1. The monoisotopic (exact) mass is 171 g/mol. The van der Waals surface area contributed by atoms with Gasteiger partial charge in [-0.2, -0.15) is 0 Å². The highest BCUT2D eigenvalue weighted by Gasteiger charge is 2.14. The van der Waals surface area contributed by atoms with E-state index in [1.165, 1.54) is 6.20 Å². The molecular formula is C8H13NO3. The highest BCUT2D eigenvalue weighted by molar-refractivity contribution is 5.79. The van der Waals surface area contributed by atoms with Crippen molar-refractivity contribution in [3.8, 4) is 0 Å². The molecule has 12 heavy (non-hydrogen) atoms. The largest absolute Gasteiger partial charge is 0.478 e. The van der Waals surface area contributed by atoms with Gasteiger partial charge in [-0.1, -0.05) is 0 Å². The highest BCUT2D eigenvalue weighted by Crippen LogP contribution is 2.09. The van der Waals surface area contributed by atoms with E-state index in [9.17, 15) is 9.90 Å². The summed E-state index contributed by atoms with van der Waals surface area (Å²) in [6, 6.07) is 0. The summed E-state index contributed by atoms with van der Waals surface area (Å²) in [5.74, 6) is -0.949. The summed E-state index contributed by atoms with van der Waals surface area (Å²) in [6.45, 7) is 1.38. The first-order chi connectivity index (χ1) is 5.68. The lowest BCUT2D eigenvalue weighted by molar-refractivity contribution is -0.131. The van der Waals surface area contributed by atoms with Crippen molar-refractivity contribution in [3.05, 3.63) is 12.3 Å². The Hall–Kier alpha value is -1.03. The van der Waals surface area contributed by atoms with E-state index in [0.29, 0.717) is 6.54 Å². The van der Waals surface area contributed by atoms with Crippen molar-refractivity contribution in [1.29, 1.82) is 0 Å². The summed E-state index contributed by atoms with van der Waals surface area (Å²) in [7, 11) is 0. The van der Waals surface area contributed by atoms with E-state index >= 15 is 0 Å². The SMILES string of the molecule is O=C(O)C=CN1CCCC(O)C1. The van der Waals surface area contributed by atoms with Crippen molar-refractivity contribution in [2.24, 2.45) is 0 Å². The van der Waals surface area contributed by atoms with Crippen LogP contribution in [0.15, 0.2) is 12.3 Å². The quantitative estimate of drug-likeness (QED) is 0.576. The maximum Gasteiger partial charge on any atom is 0.329 e. The Morgan fingerprint density at radius 3 is 2.92 bits per heavy atom. The number of rotatable bonds is 2. The average molecular weight is 171 g/mol. The van der Waals surface area contributed by atoms with Crippen LogP contribution in [0.1, 0.15) is 12.8 Å². The van der Waals surface area contributed by atoms with Crippen molar-refractivity contribution in [3.63, 3.8) is 0 Å². The van der Waals surface area contributed by atoms with Gasteiger partial charge in [0, 0.05) is 25.4 Å². The Balaban J connectivity index is 2.36. The zero-order valence-electron chi connectivity index (χ0n) is 6.81. The number of likely N-dealkylation sites (tertiary alicyclic amines) is 1. The van der Waals surface area contributed by atoms with Crippen LogP contribution in [0.25, 0.3) is 0 Å². The first-order valence-electron chi connectivity index (χ1n) is 4.02. The molecule has 0 bridgehead atoms. The minimum absolute atomic E-state index is 0.308. The number of nitrogens with zero attached hydrogens (tertiary/aromatic N) is 1. The summed E-state index contributed by atoms with van der Waals surface area (Å²) >= 11 is 0. The predicted octanol–water partition coefficient (Wildman–Crippen LogP) is 0.0414. The number of aliphatic hydroxyl groups excluding tert-OH is 1. The van der Waals surface area contributed by atoms with Crippen LogP contribution in [-0.4, -0.2) is 40.3 Å². The Labute approximate surface area is 71.1 Å². The van der Waals surface area contributed by atoms with Gasteiger partial charge >= 0.3 is 5.97 Å². The summed E-state index contributed by atoms with van der Waals surface area (Å²) in [5.41, 5.74) is 0. The topological polar surface area (TPSA) is 60.8 Å². The molecule has 0 aromatic carbocycles. The minimum Gasteiger partial charge on any atom is -0.478 e. The van der Waals surface area contributed by atoms with Crippen LogP contribution in [0.4, 0.5) is 0 Å². The van der Waals surface area contributed by atoms with E-state index < -0.39 is 5.97 Å². The summed E-state index contributed by atoms with van der Waals surface area (Å²) in [4.78, 5) is 12.0. The third-order valence-corrected chi connectivity index (χ3v) is 1.86. The summed E-state index contributed by atoms with van der Waals surface area (Å²) in [6.07, 6.45) is 4.04. The second kappa shape index (κ2) is 4.11. The number of hydrogen-bond donors (Lipinski definition) is 2. The lowest BCUT2D eigenvalue weighted by atomic mass is 10.1. The van der Waals surface area contributed by atoms with Crippen molar-refractivity contribution < 1.29 is 15.0 Å². The average Bonchev–Trinajstić information content (AvgIpc) is 2.01. The molecular weight excluding hydrogens is 158 g/mol. The van der Waals surface area contributed by atoms with Crippen molar-refractivity contribution in [1.82, 2.24) is 4.90 Å². The van der Waals surface area contributed by atoms with Gasteiger partial charge in [-0.3, -0.25) is 0 Å². The molecule has 1 rings (SSSR count). The van der Waals surface area contributed by atoms with Gasteiger partial charge in [0.2, 0.25) is 0 Å². The first-order valence-corrected chi connectivity index (χ1v) is 4.02. The van der Waals surface area contributed by atoms with Crippen molar-refractivity contribution in [2.45, 2.75) is 18.9 Å². The molecule has 2 N–H and O–H groups in total. The van der Waals surface area contributed by atoms with Crippen LogP contribution >= 0.6 is 0 Å². The fourth-order valence-corrected chi connectivity index (χ4v) is 1.29. The lowest BCUT2D eigenvalue weighted by Crippen LogP contribution is -2.34. The maximum absolute atomic E-state index is 10.1. The van der Waals surface area contributed by atoms with E-state index in [-0.39, 0.29) is 6.10 Å². The number of β-amino-alcohol motifs (C(OH)–C–C–N with tert-alkyl or cyclic N) is 1. The van der Waals surface area contributed by atoms with Crippen LogP contribution in [0.3, 0.4) is 0 Å². The van der Waals surface area contributed by atoms with Crippen LogP contribution in [0.5, 0.6) is 0 Å². The summed E-state index contributed by atoms with van der Waals surface area (Å²) in [5, 5.41) is 17.6. The van der Waals surface area contributed by atoms with Gasteiger partial charge in [0.05, 0.1) is 6.10 Å². The molecule has 4 heteroatoms. The smallest absolute Gasteiger partial charge is 0.329 e. The number of carbonyl (C=O) groups is 1. The standard InChI is InChI=1S/C8H13NO3/c10-7-2-1-4-9(6-7)5-3-8(11)12/h3,5,7,10H,1-2,4,6H2,(H,11,12). The third-order valence-electron chi connectivity index (χ3n) is 1.86. The van der Waals surface area contributed by atoms with E-state index in [2.05, 4.69) is 0 Å². The van der Waals surface area contributed by atoms with E-state index in [0.717, 1.165) is 25.5 Å². The Kier molecular flexibility index (Phi) is 3.10. The van der Waals surface area contributed by atoms with E-state index in [4.69, 9.17) is 5.11 Å². The molecule has 1 heterocycles. The molecule has 0 amide bonds. The third kappa shape index (κ3) is 2.92. The lowest BCUT2D eigenvalue weighted by Gasteiger charge is -2.28. The first kappa shape index (κ1) is 9.06. The Morgan fingerprint density at radius 2 is 2.33 bits per heavy atom. The van der Waals surface area contributed by atoms with Crippen LogP contribution in [0.2, 0.25) is 0 Å². The molecule has 0 radical (unpaired) electrons. The molecule has 4 nitrogen and oxygen atoms in total. The fraction of sp³-hybridized carbons (Fsp3) is 0.625. The molecule has 1 saturated heterocycles. The minimum atomic E-state index is -0.949. The van der Waals surface area contributed by atoms with E-state index in [1.54, 1.807) is 0 Å². The number of aliphatic hydroxyl groups is 1. The Morgan fingerprint density at radius 1 is 1.58 bits per heavy atom. The fourth-order valence-electron chi connectivity index (χ4n) is 1.29. The molecule has 0 aliphatic carbocycles. The molecule has 68 valence electrons. The normalized spacial score (nSPS) is 24.8. The zero-order valence-corrected chi connectivity index (χ0v) is 6.81. The Bertz CT molecular complexity index is 191. The van der Waals surface area contributed by atoms with Gasteiger partial charge in [-0.05, 0) is 12.8 Å². The van der Waals surface area contributed by atoms with Crippen LogP contribution in [-0.2, 0) is 4.79 Å². The number of piperidine rings is 1. The maximum atomic E-state index is 10.1. The van der Waals surface area contributed by atoms with Gasteiger partial charge < -0.3 is 15.1 Å². The van der Waals surface area contributed by atoms with E-state index in [1.807, 2.05) is 4.90 Å². The molecule has 0 aromatic heterocycles. The second-order valence-corrected chi connectivity index (χ2v) is 2.94. The zero-order chi connectivity index (χ0) is 8.97. The van der Waals surface area contributed by atoms with Crippen molar-refractivity contribution in [2.75, 3.05) is 13.1 Å². The van der Waals surface area contributed by atoms with Crippen LogP contribution in [0, 0.1) is 0 Å². The molecule has 0 spiro atoms. The molecule has 1 fully saturated rings.